The van der Waals surface area contributed by atoms with Crippen LogP contribution in [-0.4, -0.2) is 37.1 Å². The molecule has 1 aliphatic heterocycles. The van der Waals surface area contributed by atoms with E-state index in [0.717, 1.165) is 5.56 Å². The highest BCUT2D eigenvalue weighted by Crippen LogP contribution is 2.30. The van der Waals surface area contributed by atoms with Crippen LogP contribution in [-0.2, 0) is 4.74 Å². The minimum atomic E-state index is -0.449. The summed E-state index contributed by atoms with van der Waals surface area (Å²) in [7, 11) is 0. The van der Waals surface area contributed by atoms with Crippen molar-refractivity contribution < 1.29 is 14.5 Å². The molecule has 0 saturated carbocycles. The van der Waals surface area contributed by atoms with Gasteiger partial charge >= 0.3 is 0 Å². The van der Waals surface area contributed by atoms with E-state index >= 15 is 0 Å². The lowest BCUT2D eigenvalue weighted by Gasteiger charge is -2.28. The molecule has 2 aromatic rings. The zero-order chi connectivity index (χ0) is 17.8. The second-order valence-corrected chi connectivity index (χ2v) is 5.83. The Bertz CT molecular complexity index is 801. The van der Waals surface area contributed by atoms with Gasteiger partial charge in [0.25, 0.3) is 11.6 Å². The Morgan fingerprint density at radius 3 is 2.60 bits per heavy atom. The third-order valence-corrected chi connectivity index (χ3v) is 4.18. The average Bonchev–Trinajstić information content (AvgIpc) is 2.63. The highest BCUT2D eigenvalue weighted by molar-refractivity contribution is 6.05. The van der Waals surface area contributed by atoms with E-state index in [4.69, 9.17) is 4.74 Å². The van der Waals surface area contributed by atoms with Gasteiger partial charge in [-0.3, -0.25) is 14.9 Å². The van der Waals surface area contributed by atoms with Crippen LogP contribution in [0.1, 0.15) is 15.9 Å². The van der Waals surface area contributed by atoms with Gasteiger partial charge in [0.05, 0.1) is 18.1 Å². The quantitative estimate of drug-likeness (QED) is 0.682. The summed E-state index contributed by atoms with van der Waals surface area (Å²) >= 11 is 0. The van der Waals surface area contributed by atoms with Crippen molar-refractivity contribution in [2.45, 2.75) is 6.92 Å². The van der Waals surface area contributed by atoms with Crippen LogP contribution < -0.4 is 10.2 Å². The maximum atomic E-state index is 12.5. The van der Waals surface area contributed by atoms with Gasteiger partial charge in [-0.1, -0.05) is 18.2 Å². The van der Waals surface area contributed by atoms with E-state index in [1.807, 2.05) is 30.0 Å². The summed E-state index contributed by atoms with van der Waals surface area (Å²) < 4.78 is 5.29. The predicted octanol–water partition coefficient (Wildman–Crippen LogP) is 2.99. The largest absolute Gasteiger partial charge is 0.378 e. The smallest absolute Gasteiger partial charge is 0.293 e. The monoisotopic (exact) mass is 341 g/mol. The van der Waals surface area contributed by atoms with Gasteiger partial charge in [-0.15, -0.1) is 0 Å². The van der Waals surface area contributed by atoms with E-state index in [9.17, 15) is 14.9 Å². The first-order chi connectivity index (χ1) is 12.1. The number of anilines is 2. The van der Waals surface area contributed by atoms with Crippen molar-refractivity contribution in [3.8, 4) is 0 Å². The Morgan fingerprint density at radius 2 is 1.92 bits per heavy atom. The van der Waals surface area contributed by atoms with Gasteiger partial charge in [0.1, 0.15) is 5.69 Å². The lowest BCUT2D eigenvalue weighted by atomic mass is 10.1. The van der Waals surface area contributed by atoms with E-state index in [1.54, 1.807) is 18.2 Å². The molecule has 0 atom stereocenters. The summed E-state index contributed by atoms with van der Waals surface area (Å²) in [6.07, 6.45) is 0. The molecule has 1 heterocycles. The molecule has 1 fully saturated rings. The second-order valence-electron chi connectivity index (χ2n) is 5.83. The van der Waals surface area contributed by atoms with Gasteiger partial charge < -0.3 is 15.0 Å². The van der Waals surface area contributed by atoms with E-state index in [-0.39, 0.29) is 17.2 Å². The molecule has 7 heteroatoms. The van der Waals surface area contributed by atoms with Crippen LogP contribution in [0.4, 0.5) is 17.1 Å². The zero-order valence-corrected chi connectivity index (χ0v) is 13.9. The zero-order valence-electron chi connectivity index (χ0n) is 13.9. The van der Waals surface area contributed by atoms with Gasteiger partial charge in [0.2, 0.25) is 0 Å². The first-order valence-electron chi connectivity index (χ1n) is 8.04. The molecule has 2 aromatic carbocycles. The van der Waals surface area contributed by atoms with Crippen molar-refractivity contribution in [1.82, 2.24) is 0 Å². The molecule has 0 unspecified atom stereocenters. The fraction of sp³-hybridized carbons (Fsp3) is 0.278. The molecule has 7 nitrogen and oxygen atoms in total. The average molecular weight is 341 g/mol. The number of nitrogens with zero attached hydrogens (tertiary/aromatic N) is 2. The minimum Gasteiger partial charge on any atom is -0.378 e. The fourth-order valence-corrected chi connectivity index (χ4v) is 2.79. The molecule has 1 saturated heterocycles. The number of ether oxygens (including phenoxy) is 1. The number of nitrogens with one attached hydrogen (secondary N) is 1. The molecule has 0 aliphatic carbocycles. The summed E-state index contributed by atoms with van der Waals surface area (Å²) in [6.45, 7) is 4.14. The molecule has 3 rings (SSSR count). The number of para-hydroxylation sites is 1. The summed E-state index contributed by atoms with van der Waals surface area (Å²) in [5.74, 6) is -0.370. The molecule has 1 amide bonds. The normalized spacial score (nSPS) is 14.2. The predicted molar refractivity (Wildman–Crippen MR) is 95.3 cm³/mol. The molecule has 0 bridgehead atoms. The number of morpholine rings is 1. The number of carbonyl (C=O) groups excluding carboxylic acids is 1. The van der Waals surface area contributed by atoms with Gasteiger partial charge in [0, 0.05) is 30.4 Å². The lowest BCUT2D eigenvalue weighted by Crippen LogP contribution is -2.36. The van der Waals surface area contributed by atoms with Gasteiger partial charge in [-0.05, 0) is 30.7 Å². The molecule has 25 heavy (non-hydrogen) atoms. The number of hydrogen-bond donors (Lipinski definition) is 1. The van der Waals surface area contributed by atoms with Crippen molar-refractivity contribution in [3.63, 3.8) is 0 Å². The number of rotatable bonds is 4. The highest BCUT2D eigenvalue weighted by atomic mass is 16.6. The number of benzene rings is 2. The standard InChI is InChI=1S/C18H19N3O4/c1-13-4-2-3-5-15(13)19-18(22)14-6-7-16(17(12-14)21(23)24)20-8-10-25-11-9-20/h2-7,12H,8-11H2,1H3,(H,19,22). The van der Waals surface area contributed by atoms with Crippen LogP contribution in [0.25, 0.3) is 0 Å². The highest BCUT2D eigenvalue weighted by Gasteiger charge is 2.23. The SMILES string of the molecule is Cc1ccccc1NC(=O)c1ccc(N2CCOCC2)c([N+](=O)[O-])c1. The first-order valence-corrected chi connectivity index (χ1v) is 8.04. The van der Waals surface area contributed by atoms with Crippen molar-refractivity contribution >= 4 is 23.0 Å². The van der Waals surface area contributed by atoms with E-state index in [0.29, 0.717) is 37.7 Å². The van der Waals surface area contributed by atoms with Crippen molar-refractivity contribution in [2.75, 3.05) is 36.5 Å². The van der Waals surface area contributed by atoms with Crippen LogP contribution in [0.3, 0.4) is 0 Å². The summed E-state index contributed by atoms with van der Waals surface area (Å²) in [6, 6.07) is 12.0. The Balaban J connectivity index is 1.87. The third kappa shape index (κ3) is 3.77. The maximum absolute atomic E-state index is 12.5. The van der Waals surface area contributed by atoms with E-state index < -0.39 is 4.92 Å². The number of aryl methyl sites for hydroxylation is 1. The second kappa shape index (κ2) is 7.31. The van der Waals surface area contributed by atoms with Crippen LogP contribution in [0.15, 0.2) is 42.5 Å². The molecule has 0 aromatic heterocycles. The van der Waals surface area contributed by atoms with Gasteiger partial charge in [-0.25, -0.2) is 0 Å². The number of amides is 1. The molecule has 130 valence electrons. The Labute approximate surface area is 145 Å². The van der Waals surface area contributed by atoms with Gasteiger partial charge in [0.15, 0.2) is 0 Å². The Hall–Kier alpha value is -2.93. The molecule has 0 radical (unpaired) electrons. The number of nitro benzene ring substituents is 1. The minimum absolute atomic E-state index is 0.0701. The molecular formula is C18H19N3O4. The Morgan fingerprint density at radius 1 is 1.20 bits per heavy atom. The molecule has 0 spiro atoms. The summed E-state index contributed by atoms with van der Waals surface area (Å²) in [4.78, 5) is 25.4. The van der Waals surface area contributed by atoms with E-state index in [1.165, 1.54) is 6.07 Å². The lowest BCUT2D eigenvalue weighted by molar-refractivity contribution is -0.384. The van der Waals surface area contributed by atoms with Crippen LogP contribution in [0.5, 0.6) is 0 Å². The van der Waals surface area contributed by atoms with Gasteiger partial charge in [-0.2, -0.15) is 0 Å². The van der Waals surface area contributed by atoms with Crippen LogP contribution in [0.2, 0.25) is 0 Å². The van der Waals surface area contributed by atoms with Crippen LogP contribution >= 0.6 is 0 Å². The molecule has 1 aliphatic rings. The first kappa shape index (κ1) is 16.9. The number of carbonyl (C=O) groups is 1. The molecular weight excluding hydrogens is 322 g/mol. The fourth-order valence-electron chi connectivity index (χ4n) is 2.79. The van der Waals surface area contributed by atoms with Crippen LogP contribution in [0, 0.1) is 17.0 Å². The van der Waals surface area contributed by atoms with Crippen molar-refractivity contribution in [2.24, 2.45) is 0 Å². The topological polar surface area (TPSA) is 84.7 Å². The Kier molecular flexibility index (Phi) is 4.95. The summed E-state index contributed by atoms with van der Waals surface area (Å²) in [5, 5.41) is 14.3. The van der Waals surface area contributed by atoms with Crippen molar-refractivity contribution in [1.29, 1.82) is 0 Å². The number of hydrogen-bond acceptors (Lipinski definition) is 5. The molecule has 1 N–H and O–H groups in total. The third-order valence-electron chi connectivity index (χ3n) is 4.18. The number of nitro groups is 1. The van der Waals surface area contributed by atoms with Crippen molar-refractivity contribution in [3.05, 3.63) is 63.7 Å². The maximum Gasteiger partial charge on any atom is 0.293 e. The summed E-state index contributed by atoms with van der Waals surface area (Å²) in [5.41, 5.74) is 2.31. The van der Waals surface area contributed by atoms with E-state index in [2.05, 4.69) is 5.32 Å².